The van der Waals surface area contributed by atoms with E-state index in [4.69, 9.17) is 4.74 Å². The summed E-state index contributed by atoms with van der Waals surface area (Å²) in [5.74, 6) is -0.610. The molecule has 3 rings (SSSR count). The van der Waals surface area contributed by atoms with E-state index < -0.39 is 16.0 Å². The lowest BCUT2D eigenvalue weighted by molar-refractivity contribution is 0.0468. The molecule has 2 aromatic carbocycles. The molecule has 0 saturated carbocycles. The lowest BCUT2D eigenvalue weighted by atomic mass is 10.2. The summed E-state index contributed by atoms with van der Waals surface area (Å²) < 4.78 is 30.8. The summed E-state index contributed by atoms with van der Waals surface area (Å²) in [5.41, 5.74) is 1.69. The highest BCUT2D eigenvalue weighted by atomic mass is 32.2. The minimum Gasteiger partial charge on any atom is -0.456 e. The zero-order chi connectivity index (χ0) is 20.1. The number of nitrogens with zero attached hydrogens (tertiary/aromatic N) is 2. The van der Waals surface area contributed by atoms with Crippen LogP contribution >= 0.6 is 11.3 Å². The lowest BCUT2D eigenvalue weighted by Crippen LogP contribution is -2.22. The smallest absolute Gasteiger partial charge is 0.338 e. The predicted molar refractivity (Wildman–Crippen MR) is 108 cm³/mol. The molecule has 0 aliphatic rings. The van der Waals surface area contributed by atoms with E-state index in [1.165, 1.54) is 49.7 Å². The second-order valence-corrected chi connectivity index (χ2v) is 9.04. The van der Waals surface area contributed by atoms with Crippen LogP contribution in [0.4, 0.5) is 10.8 Å². The van der Waals surface area contributed by atoms with Gasteiger partial charge in [-0.2, -0.15) is 0 Å². The Morgan fingerprint density at radius 2 is 1.89 bits per heavy atom. The molecule has 0 saturated heterocycles. The van der Waals surface area contributed by atoms with E-state index in [-0.39, 0.29) is 17.1 Å². The minimum absolute atomic E-state index is 0.00351. The first kappa shape index (κ1) is 20.0. The molecule has 3 aromatic rings. The van der Waals surface area contributed by atoms with Gasteiger partial charge in [-0.3, -0.25) is 0 Å². The Balaban J connectivity index is 1.63. The second kappa shape index (κ2) is 8.51. The van der Waals surface area contributed by atoms with Gasteiger partial charge in [0.2, 0.25) is 10.0 Å². The fourth-order valence-electron chi connectivity index (χ4n) is 2.29. The van der Waals surface area contributed by atoms with Crippen molar-refractivity contribution in [1.29, 1.82) is 0 Å². The summed E-state index contributed by atoms with van der Waals surface area (Å²) in [5, 5.41) is 5.66. The van der Waals surface area contributed by atoms with Crippen molar-refractivity contribution in [2.45, 2.75) is 11.5 Å². The van der Waals surface area contributed by atoms with Crippen molar-refractivity contribution in [3.05, 3.63) is 71.2 Å². The van der Waals surface area contributed by atoms with Gasteiger partial charge >= 0.3 is 5.97 Å². The van der Waals surface area contributed by atoms with Gasteiger partial charge in [0.25, 0.3) is 0 Å². The molecule has 7 nitrogen and oxygen atoms in total. The quantitative estimate of drug-likeness (QED) is 0.592. The molecule has 0 bridgehead atoms. The van der Waals surface area contributed by atoms with Crippen molar-refractivity contribution in [2.75, 3.05) is 19.4 Å². The molecule has 0 aliphatic heterocycles. The predicted octanol–water partition coefficient (Wildman–Crippen LogP) is 3.49. The standard InChI is InChI=1S/C19H19N3O4S2/c1-22(2)28(24,25)17-10-6-7-14(11-17)18(23)26-12-16-13-27-19(21-16)20-15-8-4-3-5-9-15/h3-11,13H,12H2,1-2H3,(H,20,21). The number of ether oxygens (including phenoxy) is 1. The molecule has 0 unspecified atom stereocenters. The number of para-hydroxylation sites is 1. The van der Waals surface area contributed by atoms with Crippen molar-refractivity contribution in [1.82, 2.24) is 9.29 Å². The number of carbonyl (C=O) groups excluding carboxylic acids is 1. The third-order valence-corrected chi connectivity index (χ3v) is 6.39. The number of hydrogen-bond donors (Lipinski definition) is 1. The van der Waals surface area contributed by atoms with Crippen LogP contribution in [-0.2, 0) is 21.4 Å². The summed E-state index contributed by atoms with van der Waals surface area (Å²) in [6.07, 6.45) is 0. The first-order valence-electron chi connectivity index (χ1n) is 8.32. The number of esters is 1. The van der Waals surface area contributed by atoms with Gasteiger partial charge in [0, 0.05) is 25.2 Å². The molecule has 28 heavy (non-hydrogen) atoms. The van der Waals surface area contributed by atoms with E-state index in [2.05, 4.69) is 10.3 Å². The Kier molecular flexibility index (Phi) is 6.08. The maximum atomic E-state index is 12.3. The SMILES string of the molecule is CN(C)S(=O)(=O)c1cccc(C(=O)OCc2csc(Nc3ccccc3)n2)c1. The summed E-state index contributed by atoms with van der Waals surface area (Å²) in [6.45, 7) is -0.00351. The average molecular weight is 418 g/mol. The maximum absolute atomic E-state index is 12.3. The number of anilines is 2. The van der Waals surface area contributed by atoms with E-state index in [0.29, 0.717) is 10.8 Å². The van der Waals surface area contributed by atoms with Crippen LogP contribution in [0.1, 0.15) is 16.1 Å². The van der Waals surface area contributed by atoms with Gasteiger partial charge in [0.15, 0.2) is 5.13 Å². The Bertz CT molecular complexity index is 1060. The molecule has 0 spiro atoms. The lowest BCUT2D eigenvalue weighted by Gasteiger charge is -2.12. The van der Waals surface area contributed by atoms with Crippen molar-refractivity contribution in [2.24, 2.45) is 0 Å². The average Bonchev–Trinajstić information content (AvgIpc) is 3.14. The van der Waals surface area contributed by atoms with Crippen molar-refractivity contribution < 1.29 is 17.9 Å². The normalized spacial score (nSPS) is 11.4. The molecule has 0 amide bonds. The number of benzene rings is 2. The molecule has 146 valence electrons. The number of carbonyl (C=O) groups is 1. The molecule has 9 heteroatoms. The number of thiazole rings is 1. The van der Waals surface area contributed by atoms with Gasteiger partial charge in [-0.1, -0.05) is 24.3 Å². The summed E-state index contributed by atoms with van der Waals surface area (Å²) in [4.78, 5) is 16.7. The highest BCUT2D eigenvalue weighted by Gasteiger charge is 2.19. The number of sulfonamides is 1. The van der Waals surface area contributed by atoms with E-state index in [1.54, 1.807) is 5.38 Å². The molecule has 0 fully saturated rings. The molecule has 1 N–H and O–H groups in total. The Morgan fingerprint density at radius 1 is 1.14 bits per heavy atom. The number of hydrogen-bond acceptors (Lipinski definition) is 7. The van der Waals surface area contributed by atoms with Crippen molar-refractivity contribution in [3.63, 3.8) is 0 Å². The summed E-state index contributed by atoms with van der Waals surface area (Å²) in [7, 11) is -0.752. The van der Waals surface area contributed by atoms with Gasteiger partial charge in [-0.15, -0.1) is 11.3 Å². The maximum Gasteiger partial charge on any atom is 0.338 e. The van der Waals surface area contributed by atoms with Crippen LogP contribution in [0.5, 0.6) is 0 Å². The molecule has 1 aromatic heterocycles. The third-order valence-electron chi connectivity index (χ3n) is 3.78. The van der Waals surface area contributed by atoms with Gasteiger partial charge < -0.3 is 10.1 Å². The van der Waals surface area contributed by atoms with E-state index in [1.807, 2.05) is 30.3 Å². The first-order chi connectivity index (χ1) is 13.4. The highest BCUT2D eigenvalue weighted by molar-refractivity contribution is 7.89. The highest BCUT2D eigenvalue weighted by Crippen LogP contribution is 2.21. The van der Waals surface area contributed by atoms with E-state index in [9.17, 15) is 13.2 Å². The molecular weight excluding hydrogens is 398 g/mol. The Hall–Kier alpha value is -2.75. The Morgan fingerprint density at radius 3 is 2.61 bits per heavy atom. The van der Waals surface area contributed by atoms with Crippen molar-refractivity contribution in [3.8, 4) is 0 Å². The summed E-state index contributed by atoms with van der Waals surface area (Å²) >= 11 is 1.40. The number of nitrogens with one attached hydrogen (secondary N) is 1. The summed E-state index contributed by atoms with van der Waals surface area (Å²) in [6, 6.07) is 15.4. The van der Waals surface area contributed by atoms with E-state index in [0.717, 1.165) is 9.99 Å². The molecule has 0 atom stereocenters. The molecular formula is C19H19N3O4S2. The molecule has 0 radical (unpaired) electrons. The third kappa shape index (κ3) is 4.75. The zero-order valence-electron chi connectivity index (χ0n) is 15.3. The van der Waals surface area contributed by atoms with Crippen LogP contribution in [0, 0.1) is 0 Å². The Labute approximate surface area is 167 Å². The van der Waals surface area contributed by atoms with Crippen molar-refractivity contribution >= 4 is 38.1 Å². The first-order valence-corrected chi connectivity index (χ1v) is 10.6. The monoisotopic (exact) mass is 417 g/mol. The van der Waals surface area contributed by atoms with Crippen LogP contribution < -0.4 is 5.32 Å². The second-order valence-electron chi connectivity index (χ2n) is 6.03. The van der Waals surface area contributed by atoms with Crippen LogP contribution in [0.3, 0.4) is 0 Å². The molecule has 1 heterocycles. The van der Waals surface area contributed by atoms with Crippen LogP contribution in [-0.4, -0.2) is 37.8 Å². The van der Waals surface area contributed by atoms with Gasteiger partial charge in [-0.25, -0.2) is 22.5 Å². The fourth-order valence-corrected chi connectivity index (χ4v) is 3.96. The van der Waals surface area contributed by atoms with Crippen LogP contribution in [0.25, 0.3) is 0 Å². The largest absolute Gasteiger partial charge is 0.456 e. The molecule has 0 aliphatic carbocycles. The van der Waals surface area contributed by atoms with Crippen LogP contribution in [0.15, 0.2) is 64.9 Å². The minimum atomic E-state index is -3.62. The van der Waals surface area contributed by atoms with Crippen LogP contribution in [0.2, 0.25) is 0 Å². The van der Waals surface area contributed by atoms with E-state index >= 15 is 0 Å². The van der Waals surface area contributed by atoms with Gasteiger partial charge in [0.1, 0.15) is 6.61 Å². The van der Waals surface area contributed by atoms with Gasteiger partial charge in [-0.05, 0) is 30.3 Å². The topological polar surface area (TPSA) is 88.6 Å². The van der Waals surface area contributed by atoms with Gasteiger partial charge in [0.05, 0.1) is 16.2 Å². The fraction of sp³-hybridized carbons (Fsp3) is 0.158. The zero-order valence-corrected chi connectivity index (χ0v) is 17.0. The number of rotatable bonds is 7. The number of aromatic nitrogens is 1.